The van der Waals surface area contributed by atoms with Crippen molar-refractivity contribution in [2.24, 2.45) is 0 Å². The lowest BCUT2D eigenvalue weighted by Crippen LogP contribution is -2.47. The molecule has 1 unspecified atom stereocenters. The minimum Gasteiger partial charge on any atom is -0.394 e. The van der Waals surface area contributed by atoms with Gasteiger partial charge < -0.3 is 40.6 Å². The number of nitrogens with one attached hydrogen (secondary N) is 1. The fourth-order valence-corrected chi connectivity index (χ4v) is 6.36. The predicted molar refractivity (Wildman–Crippen MR) is 138 cm³/mol. The first-order valence-corrected chi connectivity index (χ1v) is 14.6. The smallest absolute Gasteiger partial charge is 0.327 e. The van der Waals surface area contributed by atoms with Gasteiger partial charge in [-0.15, -0.1) is 5.10 Å². The molecule has 0 radical (unpaired) electrons. The molecule has 4 aromatic rings. The van der Waals surface area contributed by atoms with Crippen LogP contribution in [0.15, 0.2) is 17.4 Å². The van der Waals surface area contributed by atoms with Gasteiger partial charge in [0.05, 0.1) is 19.5 Å². The third-order valence-electron chi connectivity index (χ3n) is 6.87. The molecule has 6 heterocycles. The Morgan fingerprint density at radius 3 is 2.71 bits per heavy atom. The molecule has 0 amide bonds. The van der Waals surface area contributed by atoms with Gasteiger partial charge in [0.2, 0.25) is 17.5 Å². The van der Waals surface area contributed by atoms with Gasteiger partial charge in [-0.2, -0.15) is 9.67 Å². The van der Waals surface area contributed by atoms with Crippen LogP contribution in [-0.2, 0) is 41.8 Å². The Kier molecular flexibility index (Phi) is 6.94. The van der Waals surface area contributed by atoms with Crippen LogP contribution in [0.1, 0.15) is 0 Å². The minimum absolute atomic E-state index is 0.00385. The lowest BCUT2D eigenvalue weighted by atomic mass is 10.1. The Balaban J connectivity index is 1.25. The number of alkyl halides is 2. The van der Waals surface area contributed by atoms with Crippen molar-refractivity contribution in [3.63, 3.8) is 0 Å². The van der Waals surface area contributed by atoms with Crippen molar-refractivity contribution in [2.75, 3.05) is 37.9 Å². The number of fused-ring (bicyclic) bond motifs is 2. The molecule has 8 N–H and O–H groups in total. The molecule has 6 rings (SSSR count). The summed E-state index contributed by atoms with van der Waals surface area (Å²) in [5, 5.41) is 27.8. The minimum atomic E-state index is -4.52. The molecule has 0 spiro atoms. The predicted octanol–water partition coefficient (Wildman–Crippen LogP) is -2.47. The number of hydrogen-bond donors (Lipinski definition) is 6. The van der Waals surface area contributed by atoms with Gasteiger partial charge in [0.15, 0.2) is 28.8 Å². The molecule has 0 bridgehead atoms. The number of rotatable bonds is 8. The lowest BCUT2D eigenvalue weighted by Gasteiger charge is -2.33. The number of halogens is 2. The number of aliphatic hydroxyl groups is 2. The molecule has 19 nitrogen and oxygen atoms in total. The second-order valence-corrected chi connectivity index (χ2v) is 12.2. The molecule has 0 saturated carbocycles. The van der Waals surface area contributed by atoms with Gasteiger partial charge in [0, 0.05) is 0 Å². The Morgan fingerprint density at radius 2 is 1.98 bits per heavy atom. The van der Waals surface area contributed by atoms with E-state index in [1.165, 1.54) is 0 Å². The molecule has 4 aromatic heterocycles. The maximum Gasteiger partial charge on any atom is 0.327 e. The second-order valence-electron chi connectivity index (χ2n) is 9.42. The highest BCUT2D eigenvalue weighted by atomic mass is 32.5. The van der Waals surface area contributed by atoms with Gasteiger partial charge in [0.1, 0.15) is 43.4 Å². The van der Waals surface area contributed by atoms with Crippen LogP contribution >= 0.6 is 6.72 Å². The number of anilines is 2. The average Bonchev–Trinajstić information content (AvgIpc) is 3.70. The summed E-state index contributed by atoms with van der Waals surface area (Å²) in [5.41, 5.74) is 7.55. The van der Waals surface area contributed by atoms with E-state index in [-0.39, 0.29) is 34.1 Å². The molecule has 2 aliphatic rings. The highest BCUT2D eigenvalue weighted by molar-refractivity contribution is 8.07. The van der Waals surface area contributed by atoms with Gasteiger partial charge in [-0.25, -0.2) is 23.7 Å². The zero-order valence-corrected chi connectivity index (χ0v) is 22.7. The van der Waals surface area contributed by atoms with Crippen LogP contribution in [0.4, 0.5) is 20.5 Å². The van der Waals surface area contributed by atoms with Crippen LogP contribution in [0.2, 0.25) is 0 Å². The zero-order valence-electron chi connectivity index (χ0n) is 21.0. The second kappa shape index (κ2) is 10.1. The number of aliphatic hydroxyl groups excluding tert-OH is 2. The van der Waals surface area contributed by atoms with Gasteiger partial charge in [-0.3, -0.25) is 18.9 Å². The van der Waals surface area contributed by atoms with E-state index in [9.17, 15) is 19.9 Å². The van der Waals surface area contributed by atoms with Crippen LogP contribution in [-0.4, -0.2) is 110 Å². The zero-order chi connectivity index (χ0) is 30.0. The highest BCUT2D eigenvalue weighted by Gasteiger charge is 2.58. The number of aromatic nitrogens is 9. The third-order valence-corrected chi connectivity index (χ3v) is 8.43. The normalized spacial score (nSPS) is 31.3. The monoisotopic (exact) mass is 633 g/mol. The lowest BCUT2D eigenvalue weighted by molar-refractivity contribution is -0.0826. The molecule has 226 valence electrons. The van der Waals surface area contributed by atoms with Crippen molar-refractivity contribution in [1.29, 1.82) is 0 Å². The Labute approximate surface area is 236 Å². The number of nitrogens with zero attached hydrogens (tertiary/aromatic N) is 8. The van der Waals surface area contributed by atoms with Gasteiger partial charge in [-0.1, -0.05) is 5.21 Å². The van der Waals surface area contributed by atoms with Crippen LogP contribution in [0.3, 0.4) is 0 Å². The number of H-pyrrole nitrogens is 1. The summed E-state index contributed by atoms with van der Waals surface area (Å²) in [5.74, 6) is -2.95. The van der Waals surface area contributed by atoms with E-state index in [1.807, 2.05) is 0 Å². The Bertz CT molecular complexity index is 1780. The average molecular weight is 633 g/mol. The van der Waals surface area contributed by atoms with Crippen LogP contribution in [0, 0.1) is 0 Å². The number of ether oxygens (including phenoxy) is 2. The van der Waals surface area contributed by atoms with E-state index in [2.05, 4.69) is 35.2 Å². The van der Waals surface area contributed by atoms with E-state index >= 15 is 8.78 Å². The molecule has 2 saturated heterocycles. The molecular weight excluding hydrogens is 611 g/mol. The molecular formula is C19H22F2N11O8PS. The van der Waals surface area contributed by atoms with Gasteiger partial charge >= 0.3 is 6.72 Å². The largest absolute Gasteiger partial charge is 0.394 e. The fourth-order valence-electron chi connectivity index (χ4n) is 4.77. The summed E-state index contributed by atoms with van der Waals surface area (Å²) >= 11 is 5.10. The molecule has 0 aromatic carbocycles. The van der Waals surface area contributed by atoms with Gasteiger partial charge in [-0.05, 0) is 11.8 Å². The topological polar surface area (TPSA) is 270 Å². The number of nitrogens with two attached hydrogens (primary N) is 2. The van der Waals surface area contributed by atoms with Crippen molar-refractivity contribution in [1.82, 2.24) is 44.5 Å². The van der Waals surface area contributed by atoms with Crippen LogP contribution in [0.25, 0.3) is 22.3 Å². The van der Waals surface area contributed by atoms with Crippen LogP contribution in [0.5, 0.6) is 0 Å². The highest BCUT2D eigenvalue weighted by Crippen LogP contribution is 2.53. The van der Waals surface area contributed by atoms with E-state index in [4.69, 9.17) is 41.8 Å². The van der Waals surface area contributed by atoms with E-state index in [0.717, 1.165) is 17.2 Å². The van der Waals surface area contributed by atoms with Crippen molar-refractivity contribution in [3.8, 4) is 0 Å². The molecule has 7 atom stereocenters. The summed E-state index contributed by atoms with van der Waals surface area (Å²) in [4.78, 5) is 41.1. The fraction of sp³-hybridized carbons (Fsp3) is 0.526. The first-order chi connectivity index (χ1) is 19.9. The summed E-state index contributed by atoms with van der Waals surface area (Å²) in [7, 11) is 0. The van der Waals surface area contributed by atoms with Crippen LogP contribution < -0.4 is 17.0 Å². The summed E-state index contributed by atoms with van der Waals surface area (Å²) in [6.45, 7) is -7.41. The molecule has 42 heavy (non-hydrogen) atoms. The van der Waals surface area contributed by atoms with Crippen molar-refractivity contribution < 1.29 is 42.4 Å². The summed E-state index contributed by atoms with van der Waals surface area (Å²) in [6, 6.07) is 0. The first kappa shape index (κ1) is 28.8. The SMILES string of the molecule is Nc1nc2c(nnn2[C@]2(OP(O)(=S)OC[C@H]3OC[C@](F)(n4cnc5c(N)ncnc54)[C@@H]3O)CO[C@H](CO)[C@@H]2F)c(=O)[nH]1. The first-order valence-electron chi connectivity index (χ1n) is 12.0. The summed E-state index contributed by atoms with van der Waals surface area (Å²) < 4.78 is 55.1. The third kappa shape index (κ3) is 4.42. The van der Waals surface area contributed by atoms with Crippen molar-refractivity contribution >= 4 is 52.6 Å². The summed E-state index contributed by atoms with van der Waals surface area (Å²) in [6.07, 6.45) is -4.84. The number of aromatic amines is 1. The number of nitrogen functional groups attached to an aromatic ring is 2. The van der Waals surface area contributed by atoms with E-state index < -0.39 is 74.7 Å². The molecule has 23 heteroatoms. The Hall–Kier alpha value is -3.34. The van der Waals surface area contributed by atoms with Gasteiger partial charge in [0.25, 0.3) is 5.56 Å². The standard InChI is InChI=1S/C19H22F2N11O8PS/c20-11-7(1-33)38-4-19(11,32-15-10(29-30-32)16(35)28-17(23)27-15)40-41(36,42)39-2-8-12(34)18(21,3-37-8)31-6-26-9-13(22)24-5-25-14(9)31/h5-8,11-12,33-34H,1-4H2,(H,36,42)(H2,22,24,25)(H3,23,27,28,35)/t7-,8-,11+,12-,18+,19+,41?/m1/s1. The molecule has 2 aliphatic heterocycles. The van der Waals surface area contributed by atoms with Crippen molar-refractivity contribution in [3.05, 3.63) is 23.0 Å². The van der Waals surface area contributed by atoms with Crippen molar-refractivity contribution in [2.45, 2.75) is 36.0 Å². The Morgan fingerprint density at radius 1 is 1.21 bits per heavy atom. The maximum atomic E-state index is 16.1. The van der Waals surface area contributed by atoms with E-state index in [0.29, 0.717) is 4.68 Å². The number of imidazole rings is 1. The quantitative estimate of drug-likeness (QED) is 0.110. The molecule has 2 fully saturated rings. The number of hydrogen-bond acceptors (Lipinski definition) is 16. The van der Waals surface area contributed by atoms with E-state index in [1.54, 1.807) is 0 Å². The molecule has 0 aliphatic carbocycles. The maximum absolute atomic E-state index is 16.1.